The second kappa shape index (κ2) is 6.86. The SMILES string of the molecule is CCN1CCN(C(c2ccc(F)cc2)C2Sc3ncnn3C2=O)CC1. The van der Waals surface area contributed by atoms with Gasteiger partial charge in [0.15, 0.2) is 5.16 Å². The van der Waals surface area contributed by atoms with Gasteiger partial charge in [-0.05, 0) is 24.2 Å². The first kappa shape index (κ1) is 16.7. The van der Waals surface area contributed by atoms with E-state index in [0.29, 0.717) is 5.16 Å². The molecule has 0 saturated carbocycles. The molecule has 0 N–H and O–H groups in total. The monoisotopic (exact) mass is 361 g/mol. The Balaban J connectivity index is 1.64. The highest BCUT2D eigenvalue weighted by molar-refractivity contribution is 8.00. The van der Waals surface area contributed by atoms with E-state index >= 15 is 0 Å². The average Bonchev–Trinajstić information content (AvgIpc) is 3.21. The summed E-state index contributed by atoms with van der Waals surface area (Å²) in [5, 5.41) is 4.36. The molecule has 0 bridgehead atoms. The Labute approximate surface area is 150 Å². The molecule has 2 unspecified atom stereocenters. The third-order valence-electron chi connectivity index (χ3n) is 4.95. The van der Waals surface area contributed by atoms with E-state index < -0.39 is 0 Å². The van der Waals surface area contributed by atoms with E-state index in [4.69, 9.17) is 0 Å². The Kier molecular flexibility index (Phi) is 4.58. The van der Waals surface area contributed by atoms with Gasteiger partial charge in [0, 0.05) is 26.2 Å². The number of hydrogen-bond acceptors (Lipinski definition) is 6. The van der Waals surface area contributed by atoms with Gasteiger partial charge in [-0.15, -0.1) is 0 Å². The number of hydrogen-bond donors (Lipinski definition) is 0. The topological polar surface area (TPSA) is 54.3 Å². The lowest BCUT2D eigenvalue weighted by Gasteiger charge is -2.40. The summed E-state index contributed by atoms with van der Waals surface area (Å²) >= 11 is 1.45. The van der Waals surface area contributed by atoms with Crippen LogP contribution in [0.2, 0.25) is 0 Å². The van der Waals surface area contributed by atoms with Gasteiger partial charge in [-0.1, -0.05) is 30.8 Å². The van der Waals surface area contributed by atoms with Crippen LogP contribution in [0.25, 0.3) is 0 Å². The van der Waals surface area contributed by atoms with Crippen LogP contribution in [0.4, 0.5) is 4.39 Å². The van der Waals surface area contributed by atoms with Crippen molar-refractivity contribution in [3.05, 3.63) is 42.0 Å². The zero-order valence-corrected chi connectivity index (χ0v) is 14.8. The smallest absolute Gasteiger partial charge is 0.264 e. The van der Waals surface area contributed by atoms with Crippen LogP contribution in [-0.2, 0) is 0 Å². The van der Waals surface area contributed by atoms with Gasteiger partial charge in [0.1, 0.15) is 17.4 Å². The van der Waals surface area contributed by atoms with E-state index in [1.165, 1.54) is 34.9 Å². The van der Waals surface area contributed by atoms with Crippen molar-refractivity contribution in [3.63, 3.8) is 0 Å². The Bertz CT molecular complexity index is 757. The van der Waals surface area contributed by atoms with Crippen molar-refractivity contribution in [3.8, 4) is 0 Å². The molecular weight excluding hydrogens is 341 g/mol. The molecule has 2 aromatic rings. The van der Waals surface area contributed by atoms with E-state index in [1.807, 2.05) is 0 Å². The number of likely N-dealkylation sites (N-methyl/N-ethyl adjacent to an activating group) is 1. The summed E-state index contributed by atoms with van der Waals surface area (Å²) in [7, 11) is 0. The summed E-state index contributed by atoms with van der Waals surface area (Å²) in [6.45, 7) is 6.91. The lowest BCUT2D eigenvalue weighted by atomic mass is 10.00. The quantitative estimate of drug-likeness (QED) is 0.829. The Morgan fingerprint density at radius 1 is 1.24 bits per heavy atom. The molecule has 25 heavy (non-hydrogen) atoms. The van der Waals surface area contributed by atoms with Crippen molar-refractivity contribution < 1.29 is 9.18 Å². The Hall–Kier alpha value is -1.77. The van der Waals surface area contributed by atoms with Crippen LogP contribution in [-0.4, -0.2) is 68.4 Å². The van der Waals surface area contributed by atoms with E-state index in [0.717, 1.165) is 38.3 Å². The normalized spacial score (nSPS) is 23.0. The fraction of sp³-hybridized carbons (Fsp3) is 0.471. The fourth-order valence-corrected chi connectivity index (χ4v) is 4.77. The predicted molar refractivity (Wildman–Crippen MR) is 93.1 cm³/mol. The molecule has 3 heterocycles. The van der Waals surface area contributed by atoms with Crippen molar-refractivity contribution in [2.24, 2.45) is 0 Å². The van der Waals surface area contributed by atoms with Crippen LogP contribution in [0.3, 0.4) is 0 Å². The molecule has 0 amide bonds. The standard InChI is InChI=1S/C17H20FN5OS/c1-2-21-7-9-22(10-8-21)14(12-3-5-13(18)6-4-12)15-16(24)23-17(25-15)19-11-20-23/h3-6,11,14-15H,2,7-10H2,1H3. The zero-order chi connectivity index (χ0) is 17.4. The maximum absolute atomic E-state index is 13.4. The van der Waals surface area contributed by atoms with Crippen molar-refractivity contribution in [1.82, 2.24) is 24.6 Å². The van der Waals surface area contributed by atoms with Crippen LogP contribution in [0.1, 0.15) is 23.3 Å². The summed E-state index contributed by atoms with van der Waals surface area (Å²) in [4.78, 5) is 21.7. The van der Waals surface area contributed by atoms with E-state index in [2.05, 4.69) is 26.8 Å². The number of rotatable bonds is 4. The van der Waals surface area contributed by atoms with Gasteiger partial charge in [-0.25, -0.2) is 9.37 Å². The van der Waals surface area contributed by atoms with Crippen molar-refractivity contribution >= 4 is 17.7 Å². The molecule has 1 fully saturated rings. The van der Waals surface area contributed by atoms with Gasteiger partial charge >= 0.3 is 0 Å². The second-order valence-electron chi connectivity index (χ2n) is 6.30. The summed E-state index contributed by atoms with van der Waals surface area (Å²) in [5.74, 6) is -0.317. The molecule has 2 atom stereocenters. The van der Waals surface area contributed by atoms with Gasteiger partial charge in [-0.3, -0.25) is 9.69 Å². The molecule has 1 aromatic carbocycles. The molecular formula is C17H20FN5OS. The van der Waals surface area contributed by atoms with Gasteiger partial charge in [0.05, 0.1) is 6.04 Å². The Morgan fingerprint density at radius 3 is 2.60 bits per heavy atom. The number of thioether (sulfide) groups is 1. The zero-order valence-electron chi connectivity index (χ0n) is 14.0. The first-order valence-electron chi connectivity index (χ1n) is 8.50. The average molecular weight is 361 g/mol. The molecule has 132 valence electrons. The molecule has 1 saturated heterocycles. The first-order chi connectivity index (χ1) is 12.2. The summed E-state index contributed by atoms with van der Waals surface area (Å²) in [5.41, 5.74) is 0.961. The predicted octanol–water partition coefficient (Wildman–Crippen LogP) is 1.91. The summed E-state index contributed by atoms with van der Waals surface area (Å²) in [6, 6.07) is 6.39. The van der Waals surface area contributed by atoms with Crippen LogP contribution >= 0.6 is 11.8 Å². The molecule has 6 nitrogen and oxygen atoms in total. The number of nitrogens with zero attached hydrogens (tertiary/aromatic N) is 5. The number of carbonyl (C=O) groups excluding carboxylic acids is 1. The highest BCUT2D eigenvalue weighted by Gasteiger charge is 2.42. The lowest BCUT2D eigenvalue weighted by molar-refractivity contribution is 0.0739. The molecule has 0 aliphatic carbocycles. The number of benzene rings is 1. The number of halogens is 1. The minimum Gasteiger partial charge on any atom is -0.301 e. The molecule has 4 rings (SSSR count). The molecule has 2 aliphatic rings. The van der Waals surface area contributed by atoms with Crippen LogP contribution < -0.4 is 0 Å². The van der Waals surface area contributed by atoms with E-state index in [1.54, 1.807) is 12.1 Å². The van der Waals surface area contributed by atoms with E-state index in [-0.39, 0.29) is 23.0 Å². The van der Waals surface area contributed by atoms with Crippen LogP contribution in [0, 0.1) is 5.82 Å². The largest absolute Gasteiger partial charge is 0.301 e. The molecule has 1 aromatic heterocycles. The number of aromatic nitrogens is 3. The van der Waals surface area contributed by atoms with Crippen molar-refractivity contribution in [1.29, 1.82) is 0 Å². The maximum Gasteiger partial charge on any atom is 0.264 e. The number of piperazine rings is 1. The number of carbonyl (C=O) groups is 1. The van der Waals surface area contributed by atoms with Crippen LogP contribution in [0.15, 0.2) is 35.7 Å². The van der Waals surface area contributed by atoms with Crippen molar-refractivity contribution in [2.45, 2.75) is 23.4 Å². The molecule has 0 spiro atoms. The van der Waals surface area contributed by atoms with Crippen LogP contribution in [0.5, 0.6) is 0 Å². The van der Waals surface area contributed by atoms with Gasteiger partial charge in [-0.2, -0.15) is 9.78 Å². The highest BCUT2D eigenvalue weighted by Crippen LogP contribution is 2.40. The third-order valence-corrected chi connectivity index (χ3v) is 6.15. The van der Waals surface area contributed by atoms with Gasteiger partial charge in [0.25, 0.3) is 5.91 Å². The first-order valence-corrected chi connectivity index (χ1v) is 9.38. The number of fused-ring (bicyclic) bond motifs is 1. The third kappa shape index (κ3) is 3.09. The fourth-order valence-electron chi connectivity index (χ4n) is 3.54. The second-order valence-corrected chi connectivity index (χ2v) is 7.41. The van der Waals surface area contributed by atoms with E-state index in [9.17, 15) is 9.18 Å². The highest BCUT2D eigenvalue weighted by atomic mass is 32.2. The Morgan fingerprint density at radius 2 is 1.96 bits per heavy atom. The van der Waals surface area contributed by atoms with Gasteiger partial charge in [0.2, 0.25) is 0 Å². The lowest BCUT2D eigenvalue weighted by Crippen LogP contribution is -2.50. The minimum atomic E-state index is -0.310. The molecule has 8 heteroatoms. The maximum atomic E-state index is 13.4. The summed E-state index contributed by atoms with van der Waals surface area (Å²) < 4.78 is 14.8. The molecule has 0 radical (unpaired) electrons. The van der Waals surface area contributed by atoms with Gasteiger partial charge < -0.3 is 4.90 Å². The minimum absolute atomic E-state index is 0.0512. The molecule has 2 aliphatic heterocycles. The summed E-state index contributed by atoms with van der Waals surface area (Å²) in [6.07, 6.45) is 1.41. The van der Waals surface area contributed by atoms with Crippen molar-refractivity contribution in [2.75, 3.05) is 32.7 Å².